The number of carbonyl (C=O) groups is 3. The van der Waals surface area contributed by atoms with Gasteiger partial charge in [0.15, 0.2) is 5.13 Å². The molecule has 0 bridgehead atoms. The number of benzene rings is 2. The summed E-state index contributed by atoms with van der Waals surface area (Å²) in [5.74, 6) is -0.469. The molecule has 0 unspecified atom stereocenters. The van der Waals surface area contributed by atoms with Gasteiger partial charge in [0, 0.05) is 22.5 Å². The van der Waals surface area contributed by atoms with Gasteiger partial charge in [-0.1, -0.05) is 42.5 Å². The van der Waals surface area contributed by atoms with E-state index in [1.54, 1.807) is 12.1 Å². The first-order valence-corrected chi connectivity index (χ1v) is 12.2. The monoisotopic (exact) mass is 492 g/mol. The van der Waals surface area contributed by atoms with Crippen molar-refractivity contribution >= 4 is 34.4 Å². The van der Waals surface area contributed by atoms with Crippen LogP contribution in [-0.4, -0.2) is 53.2 Å². The molecule has 3 aromatic rings. The number of nitrogens with zero attached hydrogens (tertiary/aromatic N) is 2. The van der Waals surface area contributed by atoms with Gasteiger partial charge in [-0.25, -0.2) is 9.78 Å². The molecular formula is C25H24N4O5S. The molecule has 35 heavy (non-hydrogen) atoms. The second kappa shape index (κ2) is 10.2. The molecule has 2 fully saturated rings. The van der Waals surface area contributed by atoms with Gasteiger partial charge in [0.1, 0.15) is 19.4 Å². The zero-order valence-electron chi connectivity index (χ0n) is 18.8. The summed E-state index contributed by atoms with van der Waals surface area (Å²) < 4.78 is 10.7. The van der Waals surface area contributed by atoms with Crippen LogP contribution in [0, 0.1) is 0 Å². The molecule has 0 radical (unpaired) electrons. The molecule has 0 spiro atoms. The molecule has 1 aliphatic carbocycles. The van der Waals surface area contributed by atoms with Crippen molar-refractivity contribution in [2.45, 2.75) is 31.5 Å². The van der Waals surface area contributed by atoms with E-state index < -0.39 is 18.0 Å². The van der Waals surface area contributed by atoms with E-state index in [9.17, 15) is 14.4 Å². The molecule has 1 atom stereocenters. The van der Waals surface area contributed by atoms with Gasteiger partial charge in [-0.2, -0.15) is 0 Å². The number of thiazole rings is 1. The van der Waals surface area contributed by atoms with Crippen LogP contribution in [0.1, 0.15) is 28.8 Å². The van der Waals surface area contributed by atoms with E-state index in [1.165, 1.54) is 16.2 Å². The Labute approximate surface area is 206 Å². The highest BCUT2D eigenvalue weighted by molar-refractivity contribution is 7.14. The van der Waals surface area contributed by atoms with Gasteiger partial charge in [-0.05, 0) is 30.5 Å². The number of hydrogen-bond acceptors (Lipinski definition) is 7. The van der Waals surface area contributed by atoms with E-state index in [4.69, 9.17) is 9.47 Å². The predicted molar refractivity (Wildman–Crippen MR) is 130 cm³/mol. The van der Waals surface area contributed by atoms with Crippen molar-refractivity contribution in [3.63, 3.8) is 0 Å². The number of anilines is 1. The number of rotatable bonds is 7. The van der Waals surface area contributed by atoms with Gasteiger partial charge in [-0.3, -0.25) is 14.5 Å². The Balaban J connectivity index is 1.17. The van der Waals surface area contributed by atoms with Crippen molar-refractivity contribution in [3.8, 4) is 11.3 Å². The molecule has 1 saturated heterocycles. The predicted octanol–water partition coefficient (Wildman–Crippen LogP) is 3.64. The molecule has 1 aromatic heterocycles. The third-order valence-electron chi connectivity index (χ3n) is 5.71. The highest BCUT2D eigenvalue weighted by atomic mass is 32.1. The molecule has 5 rings (SSSR count). The Morgan fingerprint density at radius 1 is 1.09 bits per heavy atom. The van der Waals surface area contributed by atoms with Crippen molar-refractivity contribution in [2.24, 2.45) is 0 Å². The first kappa shape index (κ1) is 23.0. The number of carbonyl (C=O) groups excluding carboxylic acids is 3. The van der Waals surface area contributed by atoms with Crippen LogP contribution in [0.15, 0.2) is 60.0 Å². The van der Waals surface area contributed by atoms with Crippen LogP contribution < -0.4 is 10.6 Å². The largest absolute Gasteiger partial charge is 0.444 e. The van der Waals surface area contributed by atoms with Gasteiger partial charge in [0.05, 0.1) is 12.3 Å². The minimum atomic E-state index is -0.810. The van der Waals surface area contributed by atoms with Crippen LogP contribution in [0.5, 0.6) is 0 Å². The maximum absolute atomic E-state index is 12.8. The lowest BCUT2D eigenvalue weighted by atomic mass is 10.1. The Bertz CT molecular complexity index is 1210. The topological polar surface area (TPSA) is 110 Å². The average Bonchev–Trinajstić information content (AvgIpc) is 3.35. The SMILES string of the molecule is O=C(NC1CC1)c1ccc(-c2csc(NC(=O)[C@H]3COCN3C(=O)OCc3ccccc3)n2)cc1. The Morgan fingerprint density at radius 2 is 1.86 bits per heavy atom. The number of aromatic nitrogens is 1. The van der Waals surface area contributed by atoms with E-state index in [0.29, 0.717) is 22.4 Å². The Hall–Kier alpha value is -3.76. The third kappa shape index (κ3) is 5.67. The van der Waals surface area contributed by atoms with Crippen LogP contribution in [0.2, 0.25) is 0 Å². The molecule has 3 amide bonds. The maximum atomic E-state index is 12.8. The molecule has 10 heteroatoms. The number of amides is 3. The van der Waals surface area contributed by atoms with Crippen LogP contribution in [0.25, 0.3) is 11.3 Å². The van der Waals surface area contributed by atoms with E-state index in [0.717, 1.165) is 24.0 Å². The molecule has 180 valence electrons. The number of hydrogen-bond donors (Lipinski definition) is 2. The van der Waals surface area contributed by atoms with Gasteiger partial charge in [-0.15, -0.1) is 11.3 Å². The Kier molecular flexibility index (Phi) is 6.73. The molecule has 2 aromatic carbocycles. The van der Waals surface area contributed by atoms with Crippen molar-refractivity contribution in [1.29, 1.82) is 0 Å². The first-order valence-electron chi connectivity index (χ1n) is 11.3. The first-order chi connectivity index (χ1) is 17.1. The minimum absolute atomic E-state index is 0.0184. The summed E-state index contributed by atoms with van der Waals surface area (Å²) in [7, 11) is 0. The molecule has 2 heterocycles. The summed E-state index contributed by atoms with van der Waals surface area (Å²) >= 11 is 1.28. The highest BCUT2D eigenvalue weighted by Gasteiger charge is 2.36. The summed E-state index contributed by atoms with van der Waals surface area (Å²) in [6.07, 6.45) is 1.46. The summed E-state index contributed by atoms with van der Waals surface area (Å²) in [5.41, 5.74) is 2.97. The minimum Gasteiger partial charge on any atom is -0.444 e. The molecule has 2 N–H and O–H groups in total. The van der Waals surface area contributed by atoms with Crippen LogP contribution >= 0.6 is 11.3 Å². The summed E-state index contributed by atoms with van der Waals surface area (Å²) in [4.78, 5) is 43.3. The normalized spacial score (nSPS) is 17.1. The smallest absolute Gasteiger partial charge is 0.412 e. The number of ether oxygens (including phenoxy) is 2. The average molecular weight is 493 g/mol. The van der Waals surface area contributed by atoms with Crippen LogP contribution in [0.3, 0.4) is 0 Å². The summed E-state index contributed by atoms with van der Waals surface area (Å²) in [6.45, 7) is 0.172. The third-order valence-corrected chi connectivity index (χ3v) is 6.47. The molecule has 1 saturated carbocycles. The molecular weight excluding hydrogens is 468 g/mol. The zero-order chi connectivity index (χ0) is 24.2. The second-order valence-corrected chi connectivity index (χ2v) is 9.24. The van der Waals surface area contributed by atoms with E-state index in [1.807, 2.05) is 47.8 Å². The lowest BCUT2D eigenvalue weighted by molar-refractivity contribution is -0.119. The van der Waals surface area contributed by atoms with Gasteiger partial charge < -0.3 is 20.1 Å². The van der Waals surface area contributed by atoms with Gasteiger partial charge >= 0.3 is 6.09 Å². The van der Waals surface area contributed by atoms with Crippen molar-refractivity contribution < 1.29 is 23.9 Å². The zero-order valence-corrected chi connectivity index (χ0v) is 19.6. The van der Waals surface area contributed by atoms with Gasteiger partial charge in [0.2, 0.25) is 0 Å². The molecule has 9 nitrogen and oxygen atoms in total. The fourth-order valence-corrected chi connectivity index (χ4v) is 4.31. The lowest BCUT2D eigenvalue weighted by Crippen LogP contribution is -2.44. The fourth-order valence-electron chi connectivity index (χ4n) is 3.58. The number of nitrogens with one attached hydrogen (secondary N) is 2. The molecule has 2 aliphatic rings. The Morgan fingerprint density at radius 3 is 2.60 bits per heavy atom. The van der Waals surface area contributed by atoms with Gasteiger partial charge in [0.25, 0.3) is 11.8 Å². The maximum Gasteiger partial charge on any atom is 0.412 e. The van der Waals surface area contributed by atoms with Crippen LogP contribution in [-0.2, 0) is 20.9 Å². The van der Waals surface area contributed by atoms with Crippen LogP contribution in [0.4, 0.5) is 9.93 Å². The lowest BCUT2D eigenvalue weighted by Gasteiger charge is -2.20. The highest BCUT2D eigenvalue weighted by Crippen LogP contribution is 2.26. The summed E-state index contributed by atoms with van der Waals surface area (Å²) in [6, 6.07) is 16.0. The van der Waals surface area contributed by atoms with Crippen molar-refractivity contribution in [2.75, 3.05) is 18.7 Å². The summed E-state index contributed by atoms with van der Waals surface area (Å²) in [5, 5.41) is 7.96. The molecule has 1 aliphatic heterocycles. The van der Waals surface area contributed by atoms with Crippen molar-refractivity contribution in [3.05, 3.63) is 71.1 Å². The van der Waals surface area contributed by atoms with E-state index >= 15 is 0 Å². The standard InChI is InChI=1S/C25H24N4O5S/c30-22(26-19-10-11-19)18-8-6-17(7-9-18)20-14-35-24(27-20)28-23(31)21-13-33-15-29(21)25(32)34-12-16-4-2-1-3-5-16/h1-9,14,19,21H,10-13,15H2,(H,26,30)(H,27,28,31)/t21-/m1/s1. The quantitative estimate of drug-likeness (QED) is 0.521. The van der Waals surface area contributed by atoms with E-state index in [2.05, 4.69) is 15.6 Å². The van der Waals surface area contributed by atoms with Crippen molar-refractivity contribution in [1.82, 2.24) is 15.2 Å². The fraction of sp³-hybridized carbons (Fsp3) is 0.280. The second-order valence-electron chi connectivity index (χ2n) is 8.38. The van der Waals surface area contributed by atoms with E-state index in [-0.39, 0.29) is 25.9 Å².